The Labute approximate surface area is 58.9 Å². The normalized spacial score (nSPS) is 33.0. The smallest absolute Gasteiger partial charge is 0.271 e. The third-order valence-corrected chi connectivity index (χ3v) is 1.92. The van der Waals surface area contributed by atoms with E-state index in [4.69, 9.17) is 5.73 Å². The van der Waals surface area contributed by atoms with Gasteiger partial charge in [-0.15, -0.1) is 0 Å². The third kappa shape index (κ3) is 1.34. The highest BCUT2D eigenvalue weighted by atomic mass is 19.3. The topological polar surface area (TPSA) is 26.0 Å². The number of hydrogen-bond donors (Lipinski definition) is 1. The minimum Gasteiger partial charge on any atom is -0.324 e. The zero-order valence-corrected chi connectivity index (χ0v) is 5.90. The highest BCUT2D eigenvalue weighted by Crippen LogP contribution is 2.31. The fourth-order valence-corrected chi connectivity index (χ4v) is 1.40. The lowest BCUT2D eigenvalue weighted by atomic mass is 10.1. The summed E-state index contributed by atoms with van der Waals surface area (Å²) < 4.78 is 23.9. The molecule has 0 saturated heterocycles. The molecule has 0 amide bonds. The summed E-state index contributed by atoms with van der Waals surface area (Å²) in [6.07, 6.45) is -0.396. The molecule has 2 N–H and O–H groups in total. The van der Waals surface area contributed by atoms with Crippen molar-refractivity contribution >= 4 is 0 Å². The van der Waals surface area contributed by atoms with Gasteiger partial charge in [-0.25, -0.2) is 0 Å². The van der Waals surface area contributed by atoms with Gasteiger partial charge in [-0.1, -0.05) is 6.92 Å². The molecule has 2 atom stereocenters. The molecule has 0 aromatic carbocycles. The second-order valence-electron chi connectivity index (χ2n) is 2.94. The molecule has 1 rings (SSSR count). The Morgan fingerprint density at radius 3 is 2.40 bits per heavy atom. The Morgan fingerprint density at radius 2 is 2.20 bits per heavy atom. The van der Waals surface area contributed by atoms with E-state index < -0.39 is 6.08 Å². The Hall–Kier alpha value is -0.440. The van der Waals surface area contributed by atoms with Gasteiger partial charge in [0.05, 0.1) is 0 Å². The average molecular weight is 147 g/mol. The van der Waals surface area contributed by atoms with Crippen molar-refractivity contribution in [1.82, 2.24) is 0 Å². The van der Waals surface area contributed by atoms with E-state index in [9.17, 15) is 8.78 Å². The van der Waals surface area contributed by atoms with Crippen LogP contribution in [0.15, 0.2) is 11.7 Å². The summed E-state index contributed by atoms with van der Waals surface area (Å²) >= 11 is 0. The maximum absolute atomic E-state index is 12.0. The van der Waals surface area contributed by atoms with Gasteiger partial charge in [0.2, 0.25) is 0 Å². The molecule has 1 saturated carbocycles. The maximum Gasteiger partial charge on any atom is 0.271 e. The second kappa shape index (κ2) is 2.66. The molecule has 0 aromatic heterocycles. The molecule has 58 valence electrons. The predicted octanol–water partition coefficient (Wildman–Crippen LogP) is 1.89. The molecule has 10 heavy (non-hydrogen) atoms. The van der Waals surface area contributed by atoms with E-state index >= 15 is 0 Å². The van der Waals surface area contributed by atoms with Gasteiger partial charge in [0.1, 0.15) is 0 Å². The molecule has 1 aliphatic carbocycles. The molecule has 1 nitrogen and oxygen atoms in total. The van der Waals surface area contributed by atoms with Gasteiger partial charge in [0.15, 0.2) is 0 Å². The summed E-state index contributed by atoms with van der Waals surface area (Å²) in [7, 11) is 0. The van der Waals surface area contributed by atoms with Crippen LogP contribution in [0.3, 0.4) is 0 Å². The molecule has 0 heterocycles. The molecule has 3 heteroatoms. The van der Waals surface area contributed by atoms with Crippen LogP contribution < -0.4 is 5.73 Å². The molecule has 0 unspecified atom stereocenters. The van der Waals surface area contributed by atoms with Gasteiger partial charge in [-0.3, -0.25) is 0 Å². The lowest BCUT2D eigenvalue weighted by Crippen LogP contribution is -2.17. The van der Waals surface area contributed by atoms with Crippen LogP contribution in [-0.2, 0) is 0 Å². The molecular weight excluding hydrogens is 136 g/mol. The van der Waals surface area contributed by atoms with Gasteiger partial charge >= 0.3 is 0 Å². The highest BCUT2D eigenvalue weighted by Gasteiger charge is 2.26. The van der Waals surface area contributed by atoms with Crippen molar-refractivity contribution in [3.63, 3.8) is 0 Å². The van der Waals surface area contributed by atoms with Crippen molar-refractivity contribution < 1.29 is 8.78 Å². The van der Waals surface area contributed by atoms with E-state index in [-0.39, 0.29) is 11.6 Å². The predicted molar refractivity (Wildman–Crippen MR) is 35.6 cm³/mol. The summed E-state index contributed by atoms with van der Waals surface area (Å²) in [6.45, 7) is 1.94. The standard InChI is InChI=1S/C7H11F2N/c1-4-2-5(7(8)9)6(10)3-4/h4,6H,2-3,10H2,1H3/t4-,6-/m0/s1. The van der Waals surface area contributed by atoms with E-state index in [0.717, 1.165) is 0 Å². The summed E-state index contributed by atoms with van der Waals surface area (Å²) in [5.74, 6) is 0.325. The first kappa shape index (κ1) is 7.66. The van der Waals surface area contributed by atoms with Gasteiger partial charge in [0, 0.05) is 11.6 Å². The van der Waals surface area contributed by atoms with Crippen molar-refractivity contribution in [2.75, 3.05) is 0 Å². The summed E-state index contributed by atoms with van der Waals surface area (Å²) in [5.41, 5.74) is 5.59. The Morgan fingerprint density at radius 1 is 1.60 bits per heavy atom. The van der Waals surface area contributed by atoms with E-state index in [2.05, 4.69) is 0 Å². The van der Waals surface area contributed by atoms with E-state index in [0.29, 0.717) is 18.8 Å². The maximum atomic E-state index is 12.0. The zero-order chi connectivity index (χ0) is 7.72. The molecule has 0 spiro atoms. The minimum atomic E-state index is -1.57. The van der Waals surface area contributed by atoms with Crippen LogP contribution in [0.2, 0.25) is 0 Å². The van der Waals surface area contributed by atoms with Crippen molar-refractivity contribution in [2.24, 2.45) is 11.7 Å². The van der Waals surface area contributed by atoms with Crippen LogP contribution in [-0.4, -0.2) is 6.04 Å². The third-order valence-electron chi connectivity index (χ3n) is 1.92. The van der Waals surface area contributed by atoms with Crippen molar-refractivity contribution in [3.8, 4) is 0 Å². The fraction of sp³-hybridized carbons (Fsp3) is 0.714. The number of nitrogens with two attached hydrogens (primary N) is 1. The van der Waals surface area contributed by atoms with Crippen LogP contribution in [0.5, 0.6) is 0 Å². The van der Waals surface area contributed by atoms with Crippen molar-refractivity contribution in [3.05, 3.63) is 11.7 Å². The van der Waals surface area contributed by atoms with Gasteiger partial charge < -0.3 is 5.73 Å². The number of hydrogen-bond acceptors (Lipinski definition) is 1. The van der Waals surface area contributed by atoms with Crippen LogP contribution >= 0.6 is 0 Å². The van der Waals surface area contributed by atoms with Gasteiger partial charge in [-0.05, 0) is 18.8 Å². The summed E-state index contributed by atoms with van der Waals surface area (Å²) in [4.78, 5) is 0. The minimum absolute atomic E-state index is 0.160. The quantitative estimate of drug-likeness (QED) is 0.556. The summed E-state index contributed by atoms with van der Waals surface area (Å²) in [5, 5.41) is 0. The molecule has 0 radical (unpaired) electrons. The van der Waals surface area contributed by atoms with Crippen LogP contribution in [0.1, 0.15) is 19.8 Å². The molecule has 0 bridgehead atoms. The highest BCUT2D eigenvalue weighted by molar-refractivity contribution is 5.16. The van der Waals surface area contributed by atoms with Gasteiger partial charge in [0.25, 0.3) is 6.08 Å². The first-order valence-corrected chi connectivity index (χ1v) is 3.41. The molecular formula is C7H11F2N. The van der Waals surface area contributed by atoms with E-state index in [1.165, 1.54) is 0 Å². The SMILES string of the molecule is C[C@H]1CC(=C(F)F)[C@@H](N)C1. The molecule has 0 aromatic rings. The van der Waals surface area contributed by atoms with E-state index in [1.807, 2.05) is 6.92 Å². The molecule has 1 aliphatic rings. The van der Waals surface area contributed by atoms with Crippen molar-refractivity contribution in [2.45, 2.75) is 25.8 Å². The average Bonchev–Trinajstić information content (AvgIpc) is 2.10. The van der Waals surface area contributed by atoms with Gasteiger partial charge in [-0.2, -0.15) is 8.78 Å². The number of halogens is 2. The van der Waals surface area contributed by atoms with Crippen LogP contribution in [0.4, 0.5) is 8.78 Å². The summed E-state index contributed by atoms with van der Waals surface area (Å²) in [6, 6.07) is -0.389. The first-order chi connectivity index (χ1) is 4.61. The lowest BCUT2D eigenvalue weighted by Gasteiger charge is -2.00. The lowest BCUT2D eigenvalue weighted by molar-refractivity contribution is 0.404. The largest absolute Gasteiger partial charge is 0.324 e. The second-order valence-corrected chi connectivity index (χ2v) is 2.94. The Balaban J connectivity index is 2.73. The number of rotatable bonds is 0. The first-order valence-electron chi connectivity index (χ1n) is 3.41. The fourth-order valence-electron chi connectivity index (χ4n) is 1.40. The molecule has 1 fully saturated rings. The monoisotopic (exact) mass is 147 g/mol. The Bertz CT molecular complexity index is 161. The van der Waals surface area contributed by atoms with Crippen LogP contribution in [0.25, 0.3) is 0 Å². The Kier molecular flexibility index (Phi) is 2.04. The zero-order valence-electron chi connectivity index (χ0n) is 5.90. The molecule has 0 aliphatic heterocycles. The van der Waals surface area contributed by atoms with Crippen LogP contribution in [0, 0.1) is 5.92 Å². The van der Waals surface area contributed by atoms with E-state index in [1.54, 1.807) is 0 Å². The van der Waals surface area contributed by atoms with Crippen molar-refractivity contribution in [1.29, 1.82) is 0 Å².